The molecule has 1 N–H and O–H groups in total. The van der Waals surface area contributed by atoms with Gasteiger partial charge in [-0.15, -0.1) is 0 Å². The van der Waals surface area contributed by atoms with E-state index in [1.807, 2.05) is 38.4 Å². The number of nitrogens with one attached hydrogen (secondary N) is 1. The highest BCUT2D eigenvalue weighted by molar-refractivity contribution is 9.10. The number of amides is 1. The minimum absolute atomic E-state index is 0.0118. The van der Waals surface area contributed by atoms with Gasteiger partial charge < -0.3 is 19.6 Å². The largest absolute Gasteiger partial charge is 0.872 e. The fraction of sp³-hybridized carbons (Fsp3) is 0.333. The molecule has 1 unspecified atom stereocenters. The number of Topliss-reactive ketones (excluding diaryl/α,β-unsaturated/α-hetero) is 1. The Bertz CT molecular complexity index is 1010. The monoisotopic (exact) mass is 486 g/mol. The van der Waals surface area contributed by atoms with Crippen LogP contribution in [-0.4, -0.2) is 50.9 Å². The van der Waals surface area contributed by atoms with Gasteiger partial charge in [0.05, 0.1) is 33.8 Å². The third-order valence-electron chi connectivity index (χ3n) is 5.47. The minimum atomic E-state index is -0.717. The first-order chi connectivity index (χ1) is 14.7. The summed E-state index contributed by atoms with van der Waals surface area (Å²) in [6.07, 6.45) is 0.734. The van der Waals surface area contributed by atoms with E-state index in [1.165, 1.54) is 4.90 Å². The lowest BCUT2D eigenvalue weighted by Crippen LogP contribution is -3.05. The number of benzene rings is 2. The number of hydrogen-bond donors (Lipinski definition) is 1. The Hall–Kier alpha value is -2.64. The first-order valence-corrected chi connectivity index (χ1v) is 11.0. The third kappa shape index (κ3) is 4.83. The lowest BCUT2D eigenvalue weighted by Gasteiger charge is -2.28. The molecular formula is C24H27BrN2O4. The highest BCUT2D eigenvalue weighted by atomic mass is 79.9. The number of hydrogen-bond acceptors (Lipinski definition) is 4. The Balaban J connectivity index is 2.11. The molecule has 1 heterocycles. The summed E-state index contributed by atoms with van der Waals surface area (Å²) in [6, 6.07) is 11.8. The molecular weight excluding hydrogens is 460 g/mol. The molecule has 0 radical (unpaired) electrons. The molecule has 0 aliphatic carbocycles. The summed E-state index contributed by atoms with van der Waals surface area (Å²) < 4.78 is 6.10. The Morgan fingerprint density at radius 1 is 1.16 bits per heavy atom. The average Bonchev–Trinajstić information content (AvgIpc) is 2.98. The molecule has 7 heteroatoms. The summed E-state index contributed by atoms with van der Waals surface area (Å²) >= 11 is 3.42. The number of halogens is 1. The summed E-state index contributed by atoms with van der Waals surface area (Å²) in [5.41, 5.74) is 1.85. The quantitative estimate of drug-likeness (QED) is 0.365. The van der Waals surface area contributed by atoms with Crippen LogP contribution in [-0.2, 0) is 9.59 Å². The van der Waals surface area contributed by atoms with Gasteiger partial charge in [-0.2, -0.15) is 0 Å². The highest BCUT2D eigenvalue weighted by Gasteiger charge is 2.44. The maximum absolute atomic E-state index is 13.5. The number of carbonyl (C=O) groups excluding carboxylic acids is 2. The Kier molecular flexibility index (Phi) is 7.18. The molecule has 31 heavy (non-hydrogen) atoms. The number of carbonyl (C=O) groups is 2. The van der Waals surface area contributed by atoms with Crippen LogP contribution in [0.1, 0.15) is 29.2 Å². The van der Waals surface area contributed by atoms with Gasteiger partial charge in [0.2, 0.25) is 5.78 Å². The SMILES string of the molecule is COc1ccc(C([O-])=C2C(=O)C(=O)N(CCC[NH+](C)C)C2c2ccc(Br)cc2)c(C)c1. The molecule has 2 aromatic rings. The minimum Gasteiger partial charge on any atom is -0.872 e. The number of methoxy groups -OCH3 is 1. The summed E-state index contributed by atoms with van der Waals surface area (Å²) in [7, 11) is 5.63. The zero-order valence-corrected chi connectivity index (χ0v) is 19.8. The number of ketones is 1. The number of nitrogens with zero attached hydrogens (tertiary/aromatic N) is 1. The van der Waals surface area contributed by atoms with Crippen molar-refractivity contribution in [2.75, 3.05) is 34.3 Å². The normalized spacial score (nSPS) is 18.1. The van der Waals surface area contributed by atoms with Crippen LogP contribution in [0.5, 0.6) is 5.75 Å². The lowest BCUT2D eigenvalue weighted by molar-refractivity contribution is -0.858. The van der Waals surface area contributed by atoms with Crippen molar-refractivity contribution in [1.29, 1.82) is 0 Å². The van der Waals surface area contributed by atoms with E-state index in [0.29, 0.717) is 23.4 Å². The van der Waals surface area contributed by atoms with E-state index in [9.17, 15) is 14.7 Å². The van der Waals surface area contributed by atoms with Crippen molar-refractivity contribution >= 4 is 33.4 Å². The van der Waals surface area contributed by atoms with Crippen LogP contribution < -0.4 is 14.7 Å². The average molecular weight is 487 g/mol. The molecule has 1 saturated heterocycles. The summed E-state index contributed by atoms with van der Waals surface area (Å²) in [5.74, 6) is -1.11. The summed E-state index contributed by atoms with van der Waals surface area (Å²) in [6.45, 7) is 3.06. The molecule has 1 aliphatic heterocycles. The molecule has 0 bridgehead atoms. The fourth-order valence-electron chi connectivity index (χ4n) is 3.86. The van der Waals surface area contributed by atoms with E-state index >= 15 is 0 Å². The second-order valence-corrected chi connectivity index (χ2v) is 8.93. The fourth-order valence-corrected chi connectivity index (χ4v) is 4.12. The highest BCUT2D eigenvalue weighted by Crippen LogP contribution is 2.39. The molecule has 1 atom stereocenters. The van der Waals surface area contributed by atoms with E-state index < -0.39 is 23.5 Å². The van der Waals surface area contributed by atoms with E-state index in [4.69, 9.17) is 4.74 Å². The van der Waals surface area contributed by atoms with E-state index in [-0.39, 0.29) is 5.57 Å². The van der Waals surface area contributed by atoms with Crippen LogP contribution >= 0.6 is 15.9 Å². The molecule has 0 aromatic heterocycles. The Morgan fingerprint density at radius 3 is 2.42 bits per heavy atom. The van der Waals surface area contributed by atoms with Crippen molar-refractivity contribution < 1.29 is 24.3 Å². The molecule has 1 aliphatic rings. The van der Waals surface area contributed by atoms with Crippen LogP contribution in [0.4, 0.5) is 0 Å². The maximum Gasteiger partial charge on any atom is 0.295 e. The Morgan fingerprint density at radius 2 is 1.84 bits per heavy atom. The second-order valence-electron chi connectivity index (χ2n) is 8.02. The standard InChI is InChI=1S/C24H27BrN2O4/c1-15-14-18(31-4)10-11-19(15)22(28)20-21(16-6-8-17(25)9-7-16)27(24(30)23(20)29)13-5-12-26(2)3/h6-11,14,21,28H,5,12-13H2,1-4H3. The van der Waals surface area contributed by atoms with Crippen LogP contribution in [0.3, 0.4) is 0 Å². The molecule has 0 spiro atoms. The van der Waals surface area contributed by atoms with Crippen molar-refractivity contribution in [2.24, 2.45) is 0 Å². The number of quaternary nitrogens is 1. The van der Waals surface area contributed by atoms with Crippen molar-refractivity contribution in [2.45, 2.75) is 19.4 Å². The predicted octanol–water partition coefficient (Wildman–Crippen LogP) is 1.52. The van der Waals surface area contributed by atoms with E-state index in [0.717, 1.165) is 23.0 Å². The van der Waals surface area contributed by atoms with Gasteiger partial charge in [0.25, 0.3) is 5.91 Å². The number of aryl methyl sites for hydroxylation is 1. The van der Waals surface area contributed by atoms with Gasteiger partial charge in [-0.3, -0.25) is 9.59 Å². The topological polar surface area (TPSA) is 74.1 Å². The van der Waals surface area contributed by atoms with Crippen molar-refractivity contribution in [3.05, 3.63) is 69.2 Å². The third-order valence-corrected chi connectivity index (χ3v) is 6.00. The van der Waals surface area contributed by atoms with Gasteiger partial charge in [0.1, 0.15) is 5.75 Å². The van der Waals surface area contributed by atoms with Gasteiger partial charge in [-0.05, 0) is 47.9 Å². The van der Waals surface area contributed by atoms with Gasteiger partial charge in [0.15, 0.2) is 0 Å². The first-order valence-electron chi connectivity index (χ1n) is 10.2. The van der Waals surface area contributed by atoms with Crippen molar-refractivity contribution in [3.63, 3.8) is 0 Å². The summed E-state index contributed by atoms with van der Waals surface area (Å²) in [4.78, 5) is 28.8. The second kappa shape index (κ2) is 9.66. The van der Waals surface area contributed by atoms with Crippen molar-refractivity contribution in [1.82, 2.24) is 4.90 Å². The first kappa shape index (κ1) is 23.0. The molecule has 1 fully saturated rings. The molecule has 164 valence electrons. The molecule has 0 saturated carbocycles. The Labute approximate surface area is 191 Å². The summed E-state index contributed by atoms with van der Waals surface area (Å²) in [5, 5.41) is 13.5. The predicted molar refractivity (Wildman–Crippen MR) is 121 cm³/mol. The van der Waals surface area contributed by atoms with Gasteiger partial charge in [0, 0.05) is 23.0 Å². The number of rotatable bonds is 7. The van der Waals surface area contributed by atoms with Crippen LogP contribution in [0, 0.1) is 6.92 Å². The van der Waals surface area contributed by atoms with Gasteiger partial charge in [-0.1, -0.05) is 39.9 Å². The molecule has 3 rings (SSSR count). The van der Waals surface area contributed by atoms with Crippen LogP contribution in [0.25, 0.3) is 5.76 Å². The van der Waals surface area contributed by atoms with Crippen LogP contribution in [0.15, 0.2) is 52.5 Å². The number of ether oxygens (including phenoxy) is 1. The molecule has 6 nitrogen and oxygen atoms in total. The van der Waals surface area contributed by atoms with Crippen LogP contribution in [0.2, 0.25) is 0 Å². The maximum atomic E-state index is 13.5. The van der Waals surface area contributed by atoms with E-state index in [1.54, 1.807) is 37.1 Å². The zero-order chi connectivity index (χ0) is 22.7. The zero-order valence-electron chi connectivity index (χ0n) is 18.2. The smallest absolute Gasteiger partial charge is 0.295 e. The lowest BCUT2D eigenvalue weighted by atomic mass is 9.94. The molecule has 1 amide bonds. The number of likely N-dealkylation sites (tertiary alicyclic amines) is 1. The van der Waals surface area contributed by atoms with Crippen molar-refractivity contribution in [3.8, 4) is 5.75 Å². The van der Waals surface area contributed by atoms with Gasteiger partial charge >= 0.3 is 0 Å². The van der Waals surface area contributed by atoms with E-state index in [2.05, 4.69) is 15.9 Å². The molecule has 2 aromatic carbocycles. The van der Waals surface area contributed by atoms with Gasteiger partial charge in [-0.25, -0.2) is 0 Å².